The molecule has 3 aromatic rings. The number of aryl methyl sites for hydroxylation is 1. The summed E-state index contributed by atoms with van der Waals surface area (Å²) >= 11 is 0. The fourth-order valence-corrected chi connectivity index (χ4v) is 4.06. The van der Waals surface area contributed by atoms with Gasteiger partial charge in [0.25, 0.3) is 5.82 Å². The summed E-state index contributed by atoms with van der Waals surface area (Å²) < 4.78 is 2.44. The van der Waals surface area contributed by atoms with Crippen LogP contribution in [0, 0.1) is 0 Å². The molecule has 1 aliphatic heterocycles. The second-order valence-electron chi connectivity index (χ2n) is 7.17. The summed E-state index contributed by atoms with van der Waals surface area (Å²) in [6, 6.07) is 21.5. The quantitative estimate of drug-likeness (QED) is 0.718. The molecule has 0 atom stereocenters. The summed E-state index contributed by atoms with van der Waals surface area (Å²) in [5.74, 6) is 2.40. The molecule has 0 radical (unpaired) electrons. The minimum Gasteiger partial charge on any atom is -0.231 e. The normalized spacial score (nSPS) is 15.2. The van der Waals surface area contributed by atoms with E-state index in [9.17, 15) is 0 Å². The molecule has 1 aromatic heterocycles. The number of fused-ring (bicyclic) bond motifs is 1. The van der Waals surface area contributed by atoms with Crippen LogP contribution in [0.15, 0.2) is 60.7 Å². The van der Waals surface area contributed by atoms with Gasteiger partial charge < -0.3 is 0 Å². The zero-order valence-electron chi connectivity index (χ0n) is 14.9. The fourth-order valence-electron chi connectivity index (χ4n) is 4.06. The highest BCUT2D eigenvalue weighted by molar-refractivity contribution is 5.43. The lowest BCUT2D eigenvalue weighted by molar-refractivity contribution is -0.714. The lowest BCUT2D eigenvalue weighted by Gasteiger charge is -2.27. The Balaban J connectivity index is 1.91. The van der Waals surface area contributed by atoms with Crippen molar-refractivity contribution in [1.82, 2.24) is 10.2 Å². The Morgan fingerprint density at radius 3 is 2.08 bits per heavy atom. The number of aromatic nitrogens is 3. The Morgan fingerprint density at radius 2 is 1.44 bits per heavy atom. The summed E-state index contributed by atoms with van der Waals surface area (Å²) in [5, 5.41) is 8.20. The number of H-pyrrole nitrogens is 1. The highest BCUT2D eigenvalue weighted by Crippen LogP contribution is 2.36. The Kier molecular flexibility index (Phi) is 4.39. The standard InChI is InChI=1S/C22H25N3/c1-22(18-12-6-4-7-13-18,19-14-8-5-9-15-19)21-24-23-20-16-10-2-3-11-17-25(20)21/h4-9,12-15H,2-3,10-11,16-17H2,1H3/p+1. The van der Waals surface area contributed by atoms with E-state index in [1.807, 2.05) is 0 Å². The van der Waals surface area contributed by atoms with Gasteiger partial charge in [-0.15, -0.1) is 5.10 Å². The van der Waals surface area contributed by atoms with Gasteiger partial charge in [0.15, 0.2) is 0 Å². The van der Waals surface area contributed by atoms with Crippen LogP contribution in [0.25, 0.3) is 0 Å². The molecule has 1 N–H and O–H groups in total. The lowest BCUT2D eigenvalue weighted by atomic mass is 9.75. The molecular formula is C22H26N3+. The molecule has 0 spiro atoms. The second kappa shape index (κ2) is 6.83. The molecule has 3 nitrogen and oxygen atoms in total. The fraction of sp³-hybridized carbons (Fsp3) is 0.364. The molecule has 0 unspecified atom stereocenters. The van der Waals surface area contributed by atoms with Crippen molar-refractivity contribution >= 4 is 0 Å². The van der Waals surface area contributed by atoms with Crippen molar-refractivity contribution in [1.29, 1.82) is 0 Å². The van der Waals surface area contributed by atoms with Crippen LogP contribution in [-0.2, 0) is 18.4 Å². The average molecular weight is 332 g/mol. The SMILES string of the molecule is CC(c1ccccc1)(c1ccccc1)c1n[nH]c2[n+]1CCCCCC2. The first-order chi connectivity index (χ1) is 12.3. The number of rotatable bonds is 3. The minimum atomic E-state index is -0.267. The monoisotopic (exact) mass is 332 g/mol. The van der Waals surface area contributed by atoms with Gasteiger partial charge in [-0.2, -0.15) is 0 Å². The minimum absolute atomic E-state index is 0.267. The molecule has 128 valence electrons. The molecule has 0 fully saturated rings. The van der Waals surface area contributed by atoms with Gasteiger partial charge in [-0.3, -0.25) is 0 Å². The van der Waals surface area contributed by atoms with E-state index < -0.39 is 0 Å². The summed E-state index contributed by atoms with van der Waals surface area (Å²) in [6.45, 7) is 3.36. The van der Waals surface area contributed by atoms with E-state index in [-0.39, 0.29) is 5.41 Å². The third-order valence-electron chi connectivity index (χ3n) is 5.57. The van der Waals surface area contributed by atoms with Crippen LogP contribution in [0.2, 0.25) is 0 Å². The largest absolute Gasteiger partial charge is 0.292 e. The van der Waals surface area contributed by atoms with Crippen molar-refractivity contribution in [2.24, 2.45) is 0 Å². The predicted octanol–water partition coefficient (Wildman–Crippen LogP) is 4.17. The first-order valence-corrected chi connectivity index (χ1v) is 9.39. The topological polar surface area (TPSA) is 32.6 Å². The van der Waals surface area contributed by atoms with E-state index >= 15 is 0 Å². The van der Waals surface area contributed by atoms with Gasteiger partial charge in [0.2, 0.25) is 5.82 Å². The highest BCUT2D eigenvalue weighted by Gasteiger charge is 2.42. The number of hydrogen-bond acceptors (Lipinski definition) is 1. The van der Waals surface area contributed by atoms with E-state index in [0.717, 1.165) is 18.8 Å². The van der Waals surface area contributed by atoms with Gasteiger partial charge in [-0.1, -0.05) is 73.5 Å². The summed E-state index contributed by atoms with van der Waals surface area (Å²) in [6.07, 6.45) is 6.19. The molecule has 1 aliphatic rings. The number of aromatic amines is 1. The van der Waals surface area contributed by atoms with Crippen molar-refractivity contribution < 1.29 is 4.57 Å². The average Bonchev–Trinajstić information content (AvgIpc) is 3.04. The van der Waals surface area contributed by atoms with Gasteiger partial charge in [0.1, 0.15) is 5.41 Å². The number of nitrogens with zero attached hydrogens (tertiary/aromatic N) is 2. The Labute approximate surface area is 149 Å². The Bertz CT molecular complexity index is 781. The molecule has 0 aliphatic carbocycles. The van der Waals surface area contributed by atoms with Crippen LogP contribution in [0.4, 0.5) is 0 Å². The molecule has 0 amide bonds. The third kappa shape index (κ3) is 2.88. The second-order valence-corrected chi connectivity index (χ2v) is 7.17. The van der Waals surface area contributed by atoms with Crippen LogP contribution in [0.5, 0.6) is 0 Å². The summed E-state index contributed by atoms with van der Waals surface area (Å²) in [4.78, 5) is 0. The molecular weight excluding hydrogens is 306 g/mol. The van der Waals surface area contributed by atoms with Gasteiger partial charge in [0.05, 0.1) is 6.54 Å². The third-order valence-corrected chi connectivity index (χ3v) is 5.57. The van der Waals surface area contributed by atoms with Crippen molar-refractivity contribution in [2.75, 3.05) is 0 Å². The van der Waals surface area contributed by atoms with Crippen LogP contribution < -0.4 is 4.57 Å². The van der Waals surface area contributed by atoms with Crippen LogP contribution in [0.3, 0.4) is 0 Å². The van der Waals surface area contributed by atoms with Gasteiger partial charge in [-0.25, -0.2) is 4.57 Å². The summed E-state index contributed by atoms with van der Waals surface area (Å²) in [7, 11) is 0. The molecule has 2 aromatic carbocycles. The molecule has 0 saturated heterocycles. The van der Waals surface area contributed by atoms with Crippen LogP contribution in [0.1, 0.15) is 55.4 Å². The van der Waals surface area contributed by atoms with E-state index in [2.05, 4.69) is 77.3 Å². The molecule has 2 heterocycles. The molecule has 0 bridgehead atoms. The molecule has 25 heavy (non-hydrogen) atoms. The van der Waals surface area contributed by atoms with Gasteiger partial charge >= 0.3 is 0 Å². The Morgan fingerprint density at radius 1 is 0.840 bits per heavy atom. The lowest BCUT2D eigenvalue weighted by Crippen LogP contribution is -2.47. The predicted molar refractivity (Wildman–Crippen MR) is 99.4 cm³/mol. The smallest absolute Gasteiger partial charge is 0.231 e. The summed E-state index contributed by atoms with van der Waals surface area (Å²) in [5.41, 5.74) is 2.30. The maximum absolute atomic E-state index is 4.84. The Hall–Kier alpha value is -2.42. The maximum atomic E-state index is 4.84. The first-order valence-electron chi connectivity index (χ1n) is 9.39. The van der Waals surface area contributed by atoms with E-state index in [0.29, 0.717) is 0 Å². The first kappa shape index (κ1) is 16.1. The van der Waals surface area contributed by atoms with Crippen LogP contribution in [-0.4, -0.2) is 10.2 Å². The van der Waals surface area contributed by atoms with E-state index in [4.69, 9.17) is 5.10 Å². The molecule has 4 rings (SSSR count). The van der Waals surface area contributed by atoms with Crippen molar-refractivity contribution in [3.63, 3.8) is 0 Å². The van der Waals surface area contributed by atoms with E-state index in [1.165, 1.54) is 42.6 Å². The number of nitrogens with one attached hydrogen (secondary N) is 1. The highest BCUT2D eigenvalue weighted by atomic mass is 15.3. The number of hydrogen-bond donors (Lipinski definition) is 1. The zero-order valence-corrected chi connectivity index (χ0v) is 14.9. The van der Waals surface area contributed by atoms with Gasteiger partial charge in [0, 0.05) is 11.5 Å². The van der Waals surface area contributed by atoms with Crippen molar-refractivity contribution in [2.45, 2.75) is 51.0 Å². The van der Waals surface area contributed by atoms with Crippen LogP contribution >= 0.6 is 0 Å². The zero-order chi connectivity index (χ0) is 17.1. The maximum Gasteiger partial charge on any atom is 0.292 e. The van der Waals surface area contributed by atoms with Gasteiger partial charge in [-0.05, 0) is 30.9 Å². The van der Waals surface area contributed by atoms with E-state index in [1.54, 1.807) is 0 Å². The molecule has 3 heteroatoms. The number of benzene rings is 2. The van der Waals surface area contributed by atoms with Crippen molar-refractivity contribution in [3.05, 3.63) is 83.4 Å². The van der Waals surface area contributed by atoms with Crippen molar-refractivity contribution in [3.8, 4) is 0 Å². The molecule has 0 saturated carbocycles.